The van der Waals surface area contributed by atoms with Crippen molar-refractivity contribution in [3.8, 4) is 0 Å². The van der Waals surface area contributed by atoms with E-state index in [0.717, 1.165) is 10.9 Å². The van der Waals surface area contributed by atoms with Crippen molar-refractivity contribution in [1.82, 2.24) is 4.98 Å². The summed E-state index contributed by atoms with van der Waals surface area (Å²) in [5.74, 6) is -0.0231. The number of aromatic nitrogens is 1. The zero-order valence-electron chi connectivity index (χ0n) is 8.87. The van der Waals surface area contributed by atoms with Crippen molar-refractivity contribution in [3.63, 3.8) is 0 Å². The average molecular weight is 202 g/mol. The van der Waals surface area contributed by atoms with Gasteiger partial charge in [-0.1, -0.05) is 12.1 Å². The monoisotopic (exact) mass is 202 g/mol. The number of benzene rings is 1. The molecule has 78 valence electrons. The van der Waals surface area contributed by atoms with Crippen molar-refractivity contribution in [2.75, 3.05) is 0 Å². The van der Waals surface area contributed by atoms with Crippen molar-refractivity contribution >= 4 is 16.7 Å². The molecular formula is C12H14N2O. The van der Waals surface area contributed by atoms with E-state index in [1.807, 2.05) is 25.1 Å². The highest BCUT2D eigenvalue weighted by Gasteiger charge is 2.15. The Kier molecular flexibility index (Phi) is 2.32. The summed E-state index contributed by atoms with van der Waals surface area (Å²) in [6.45, 7) is 3.72. The zero-order valence-corrected chi connectivity index (χ0v) is 8.87. The average Bonchev–Trinajstić information content (AvgIpc) is 2.59. The molecule has 15 heavy (non-hydrogen) atoms. The molecular weight excluding hydrogens is 188 g/mol. The third-order valence-corrected chi connectivity index (χ3v) is 2.52. The highest BCUT2D eigenvalue weighted by molar-refractivity contribution is 6.10. The van der Waals surface area contributed by atoms with Gasteiger partial charge in [0.25, 0.3) is 0 Å². The molecule has 0 aliphatic rings. The van der Waals surface area contributed by atoms with E-state index in [4.69, 9.17) is 5.73 Å². The molecule has 0 radical (unpaired) electrons. The number of fused-ring (bicyclic) bond motifs is 1. The first-order valence-corrected chi connectivity index (χ1v) is 4.97. The van der Waals surface area contributed by atoms with Crippen LogP contribution in [0.4, 0.5) is 0 Å². The lowest BCUT2D eigenvalue weighted by molar-refractivity contribution is 0.0969. The molecule has 0 saturated carbocycles. The van der Waals surface area contributed by atoms with Crippen LogP contribution < -0.4 is 5.73 Å². The van der Waals surface area contributed by atoms with Gasteiger partial charge in [0, 0.05) is 22.7 Å². The second kappa shape index (κ2) is 3.51. The zero-order chi connectivity index (χ0) is 11.0. The molecule has 2 aromatic rings. The molecule has 0 spiro atoms. The van der Waals surface area contributed by atoms with Gasteiger partial charge in [0.2, 0.25) is 0 Å². The Bertz CT molecular complexity index is 511. The number of aromatic amines is 1. The summed E-state index contributed by atoms with van der Waals surface area (Å²) >= 11 is 0. The Labute approximate surface area is 88.3 Å². The summed E-state index contributed by atoms with van der Waals surface area (Å²) in [6, 6.07) is 5.52. The number of carbonyl (C=O) groups excluding carboxylic acids is 1. The van der Waals surface area contributed by atoms with E-state index >= 15 is 0 Å². The molecule has 0 fully saturated rings. The smallest absolute Gasteiger partial charge is 0.181 e. The number of aryl methyl sites for hydroxylation is 1. The topological polar surface area (TPSA) is 58.9 Å². The van der Waals surface area contributed by atoms with Crippen LogP contribution in [0.3, 0.4) is 0 Å². The maximum Gasteiger partial charge on any atom is 0.181 e. The Morgan fingerprint density at radius 1 is 1.47 bits per heavy atom. The van der Waals surface area contributed by atoms with E-state index in [1.54, 1.807) is 13.1 Å². The largest absolute Gasteiger partial charge is 0.360 e. The van der Waals surface area contributed by atoms with Gasteiger partial charge in [-0.05, 0) is 25.5 Å². The second-order valence-corrected chi connectivity index (χ2v) is 3.90. The number of nitrogens with two attached hydrogens (primary N) is 1. The normalized spacial score (nSPS) is 13.0. The predicted molar refractivity (Wildman–Crippen MR) is 61.0 cm³/mol. The molecule has 0 saturated heterocycles. The van der Waals surface area contributed by atoms with Crippen molar-refractivity contribution in [1.29, 1.82) is 0 Å². The first kappa shape index (κ1) is 9.93. The lowest BCUT2D eigenvalue weighted by Gasteiger charge is -2.02. The minimum Gasteiger partial charge on any atom is -0.360 e. The van der Waals surface area contributed by atoms with Gasteiger partial charge >= 0.3 is 0 Å². The Morgan fingerprint density at radius 2 is 2.20 bits per heavy atom. The molecule has 3 nitrogen and oxygen atoms in total. The van der Waals surface area contributed by atoms with Gasteiger partial charge in [0.1, 0.15) is 0 Å². The van der Waals surface area contributed by atoms with Gasteiger partial charge in [-0.2, -0.15) is 0 Å². The fourth-order valence-electron chi connectivity index (χ4n) is 1.69. The van der Waals surface area contributed by atoms with Crippen LogP contribution in [0.25, 0.3) is 10.9 Å². The molecule has 0 aliphatic heterocycles. The summed E-state index contributed by atoms with van der Waals surface area (Å²) in [5.41, 5.74) is 8.42. The maximum atomic E-state index is 11.8. The van der Waals surface area contributed by atoms with E-state index in [2.05, 4.69) is 4.98 Å². The van der Waals surface area contributed by atoms with E-state index in [1.165, 1.54) is 5.56 Å². The third kappa shape index (κ3) is 1.66. The second-order valence-electron chi connectivity index (χ2n) is 3.90. The Morgan fingerprint density at radius 3 is 2.87 bits per heavy atom. The van der Waals surface area contributed by atoms with Crippen LogP contribution >= 0.6 is 0 Å². The van der Waals surface area contributed by atoms with Crippen molar-refractivity contribution in [3.05, 3.63) is 35.5 Å². The summed E-state index contributed by atoms with van der Waals surface area (Å²) in [6.07, 6.45) is 1.73. The summed E-state index contributed by atoms with van der Waals surface area (Å²) in [7, 11) is 0. The molecule has 0 aliphatic carbocycles. The Balaban J connectivity index is 2.59. The number of ketones is 1. The number of hydrogen-bond acceptors (Lipinski definition) is 2. The van der Waals surface area contributed by atoms with Crippen molar-refractivity contribution in [2.24, 2.45) is 5.73 Å². The molecule has 1 heterocycles. The van der Waals surface area contributed by atoms with Gasteiger partial charge in [0.05, 0.1) is 6.04 Å². The molecule has 0 amide bonds. The SMILES string of the molecule is Cc1ccc2c(C(=O)C(C)N)c[nH]c2c1. The van der Waals surface area contributed by atoms with Gasteiger partial charge in [-0.3, -0.25) is 4.79 Å². The van der Waals surface area contributed by atoms with Crippen LogP contribution in [0.5, 0.6) is 0 Å². The van der Waals surface area contributed by atoms with Crippen molar-refractivity contribution in [2.45, 2.75) is 19.9 Å². The van der Waals surface area contributed by atoms with Gasteiger partial charge < -0.3 is 10.7 Å². The maximum absolute atomic E-state index is 11.8. The molecule has 1 aromatic heterocycles. The lowest BCUT2D eigenvalue weighted by Crippen LogP contribution is -2.26. The van der Waals surface area contributed by atoms with Crippen LogP contribution in [0.15, 0.2) is 24.4 Å². The number of carbonyl (C=O) groups is 1. The summed E-state index contributed by atoms with van der Waals surface area (Å²) in [5, 5.41) is 0.947. The van der Waals surface area contributed by atoms with Crippen LogP contribution in [0.2, 0.25) is 0 Å². The summed E-state index contributed by atoms with van der Waals surface area (Å²) in [4.78, 5) is 14.8. The van der Waals surface area contributed by atoms with E-state index < -0.39 is 6.04 Å². The molecule has 1 atom stereocenters. The number of hydrogen-bond donors (Lipinski definition) is 2. The molecule has 3 N–H and O–H groups in total. The fraction of sp³-hybridized carbons (Fsp3) is 0.250. The van der Waals surface area contributed by atoms with Gasteiger partial charge in [-0.25, -0.2) is 0 Å². The standard InChI is InChI=1S/C12H14N2O/c1-7-3-4-9-10(12(15)8(2)13)6-14-11(9)5-7/h3-6,8,14H,13H2,1-2H3. The van der Waals surface area contributed by atoms with Crippen LogP contribution in [-0.4, -0.2) is 16.8 Å². The van der Waals surface area contributed by atoms with Crippen LogP contribution in [0, 0.1) is 6.92 Å². The number of H-pyrrole nitrogens is 1. The highest BCUT2D eigenvalue weighted by atomic mass is 16.1. The molecule has 1 unspecified atom stereocenters. The third-order valence-electron chi connectivity index (χ3n) is 2.52. The van der Waals surface area contributed by atoms with Gasteiger partial charge in [0.15, 0.2) is 5.78 Å². The number of Topliss-reactive ketones (excluding diaryl/α,β-unsaturated/α-hetero) is 1. The van der Waals surface area contributed by atoms with E-state index in [0.29, 0.717) is 5.56 Å². The first-order valence-electron chi connectivity index (χ1n) is 4.97. The summed E-state index contributed by atoms with van der Waals surface area (Å²) < 4.78 is 0. The lowest BCUT2D eigenvalue weighted by atomic mass is 10.0. The quantitative estimate of drug-likeness (QED) is 0.732. The molecule has 1 aromatic carbocycles. The molecule has 0 bridgehead atoms. The Hall–Kier alpha value is -1.61. The highest BCUT2D eigenvalue weighted by Crippen LogP contribution is 2.20. The first-order chi connectivity index (χ1) is 7.09. The van der Waals surface area contributed by atoms with Crippen LogP contribution in [-0.2, 0) is 0 Å². The predicted octanol–water partition coefficient (Wildman–Crippen LogP) is 2.01. The minimum atomic E-state index is -0.453. The fourth-order valence-corrected chi connectivity index (χ4v) is 1.69. The van der Waals surface area contributed by atoms with E-state index in [9.17, 15) is 4.79 Å². The minimum absolute atomic E-state index is 0.0231. The number of nitrogens with one attached hydrogen (secondary N) is 1. The van der Waals surface area contributed by atoms with Crippen LogP contribution in [0.1, 0.15) is 22.8 Å². The van der Waals surface area contributed by atoms with E-state index in [-0.39, 0.29) is 5.78 Å². The van der Waals surface area contributed by atoms with Gasteiger partial charge in [-0.15, -0.1) is 0 Å². The van der Waals surface area contributed by atoms with Crippen molar-refractivity contribution < 1.29 is 4.79 Å². The number of rotatable bonds is 2. The molecule has 3 heteroatoms. The molecule has 2 rings (SSSR count).